The minimum absolute atomic E-state index is 0.0927. The maximum atomic E-state index is 13.6. The zero-order chi connectivity index (χ0) is 23.5. The predicted molar refractivity (Wildman–Crippen MR) is 111 cm³/mol. The SMILES string of the molecule is COc1ccc(-c2noc(CNC(=O)[C@@H](C)N(c3ccc(F)c(F)c3)S(C)(=O)=O)n2)cc1. The number of aromatic nitrogens is 2. The molecule has 0 unspecified atom stereocenters. The van der Waals surface area contributed by atoms with E-state index in [0.29, 0.717) is 27.5 Å². The van der Waals surface area contributed by atoms with E-state index in [9.17, 15) is 22.0 Å². The van der Waals surface area contributed by atoms with Gasteiger partial charge in [-0.25, -0.2) is 17.2 Å². The van der Waals surface area contributed by atoms with Crippen LogP contribution in [0.4, 0.5) is 14.5 Å². The van der Waals surface area contributed by atoms with Gasteiger partial charge in [0.2, 0.25) is 27.6 Å². The molecule has 0 aliphatic heterocycles. The van der Waals surface area contributed by atoms with Crippen LogP contribution in [0.3, 0.4) is 0 Å². The third kappa shape index (κ3) is 5.19. The van der Waals surface area contributed by atoms with Crippen molar-refractivity contribution < 1.29 is 31.3 Å². The highest BCUT2D eigenvalue weighted by Crippen LogP contribution is 2.23. The van der Waals surface area contributed by atoms with Gasteiger partial charge in [0.25, 0.3) is 0 Å². The van der Waals surface area contributed by atoms with Crippen molar-refractivity contribution in [3.05, 3.63) is 60.0 Å². The molecular weight excluding hydrogens is 446 g/mol. The summed E-state index contributed by atoms with van der Waals surface area (Å²) in [7, 11) is -2.45. The number of methoxy groups -OCH3 is 1. The highest BCUT2D eigenvalue weighted by Gasteiger charge is 2.30. The molecule has 1 atom stereocenters. The van der Waals surface area contributed by atoms with Crippen molar-refractivity contribution in [2.24, 2.45) is 0 Å². The summed E-state index contributed by atoms with van der Waals surface area (Å²) in [5.41, 5.74) is 0.482. The fraction of sp³-hybridized carbons (Fsp3) is 0.250. The molecule has 1 amide bonds. The lowest BCUT2D eigenvalue weighted by Crippen LogP contribution is -2.47. The molecule has 0 aliphatic rings. The van der Waals surface area contributed by atoms with Crippen LogP contribution in [-0.2, 0) is 21.4 Å². The van der Waals surface area contributed by atoms with Crippen LogP contribution in [0.1, 0.15) is 12.8 Å². The molecule has 1 heterocycles. The fourth-order valence-electron chi connectivity index (χ4n) is 2.93. The van der Waals surface area contributed by atoms with Gasteiger partial charge in [-0.3, -0.25) is 9.10 Å². The summed E-state index contributed by atoms with van der Waals surface area (Å²) in [6.45, 7) is 1.15. The average molecular weight is 466 g/mol. The number of anilines is 1. The minimum Gasteiger partial charge on any atom is -0.497 e. The normalized spacial score (nSPS) is 12.3. The summed E-state index contributed by atoms with van der Waals surface area (Å²) in [6.07, 6.45) is 0.858. The minimum atomic E-state index is -3.99. The van der Waals surface area contributed by atoms with Crippen LogP contribution in [-0.4, -0.2) is 43.9 Å². The molecule has 1 aromatic heterocycles. The number of carbonyl (C=O) groups excluding carboxylic acids is 1. The van der Waals surface area contributed by atoms with Crippen LogP contribution >= 0.6 is 0 Å². The van der Waals surface area contributed by atoms with E-state index in [0.717, 1.165) is 18.4 Å². The van der Waals surface area contributed by atoms with E-state index in [4.69, 9.17) is 9.26 Å². The lowest BCUT2D eigenvalue weighted by atomic mass is 10.2. The molecule has 0 aliphatic carbocycles. The Balaban J connectivity index is 1.71. The number of halogens is 2. The Kier molecular flexibility index (Phi) is 6.72. The van der Waals surface area contributed by atoms with Crippen LogP contribution in [0.5, 0.6) is 5.75 Å². The summed E-state index contributed by atoms with van der Waals surface area (Å²) >= 11 is 0. The Morgan fingerprint density at radius 1 is 1.19 bits per heavy atom. The van der Waals surface area contributed by atoms with E-state index < -0.39 is 33.6 Å². The Morgan fingerprint density at radius 2 is 1.88 bits per heavy atom. The largest absolute Gasteiger partial charge is 0.497 e. The molecule has 0 saturated heterocycles. The fourth-order valence-corrected chi connectivity index (χ4v) is 4.09. The van der Waals surface area contributed by atoms with Gasteiger partial charge in [-0.15, -0.1) is 0 Å². The van der Waals surface area contributed by atoms with Gasteiger partial charge >= 0.3 is 0 Å². The second kappa shape index (κ2) is 9.30. The predicted octanol–water partition coefficient (Wildman–Crippen LogP) is 2.49. The molecule has 170 valence electrons. The molecule has 1 N–H and O–H groups in total. The highest BCUT2D eigenvalue weighted by atomic mass is 32.2. The van der Waals surface area contributed by atoms with Crippen molar-refractivity contribution in [2.45, 2.75) is 19.5 Å². The smallest absolute Gasteiger partial charge is 0.246 e. The second-order valence-electron chi connectivity index (χ2n) is 6.79. The Labute approximate surface area is 183 Å². The average Bonchev–Trinajstić information content (AvgIpc) is 3.22. The summed E-state index contributed by atoms with van der Waals surface area (Å²) < 4.78 is 62.2. The van der Waals surface area contributed by atoms with Gasteiger partial charge in [0.05, 0.1) is 25.6 Å². The first kappa shape index (κ1) is 23.1. The monoisotopic (exact) mass is 466 g/mol. The number of carbonyl (C=O) groups is 1. The first-order valence-corrected chi connectivity index (χ1v) is 11.1. The molecule has 3 aromatic rings. The summed E-state index contributed by atoms with van der Waals surface area (Å²) in [5, 5.41) is 6.34. The molecule has 12 heteroatoms. The van der Waals surface area contributed by atoms with E-state index in [2.05, 4.69) is 15.5 Å². The van der Waals surface area contributed by atoms with Crippen molar-refractivity contribution in [1.82, 2.24) is 15.5 Å². The zero-order valence-electron chi connectivity index (χ0n) is 17.4. The zero-order valence-corrected chi connectivity index (χ0v) is 18.2. The molecule has 0 bridgehead atoms. The number of amides is 1. The second-order valence-corrected chi connectivity index (χ2v) is 8.65. The number of benzene rings is 2. The van der Waals surface area contributed by atoms with Gasteiger partial charge in [-0.2, -0.15) is 4.98 Å². The standard InChI is InChI=1S/C20H20F2N4O5S/c1-12(26(32(3,28)29)14-6-9-16(21)17(22)10-14)20(27)23-11-18-24-19(25-31-18)13-4-7-15(30-2)8-5-13/h4-10,12H,11H2,1-3H3,(H,23,27)/t12-/m1/s1. The van der Waals surface area contributed by atoms with E-state index in [-0.39, 0.29) is 18.1 Å². The van der Waals surface area contributed by atoms with Gasteiger partial charge in [0.15, 0.2) is 11.6 Å². The number of sulfonamides is 1. The summed E-state index contributed by atoms with van der Waals surface area (Å²) in [5.74, 6) is -2.02. The lowest BCUT2D eigenvalue weighted by Gasteiger charge is -2.28. The number of hydrogen-bond donors (Lipinski definition) is 1. The first-order chi connectivity index (χ1) is 15.1. The van der Waals surface area contributed by atoms with Crippen LogP contribution in [0.15, 0.2) is 47.0 Å². The topological polar surface area (TPSA) is 115 Å². The quantitative estimate of drug-likeness (QED) is 0.542. The van der Waals surface area contributed by atoms with Gasteiger partial charge in [-0.1, -0.05) is 5.16 Å². The summed E-state index contributed by atoms with van der Waals surface area (Å²) in [6, 6.07) is 8.23. The molecule has 9 nitrogen and oxygen atoms in total. The first-order valence-electron chi connectivity index (χ1n) is 9.29. The molecule has 0 radical (unpaired) electrons. The van der Waals surface area contributed by atoms with E-state index in [1.54, 1.807) is 31.4 Å². The van der Waals surface area contributed by atoms with E-state index >= 15 is 0 Å². The summed E-state index contributed by atoms with van der Waals surface area (Å²) in [4.78, 5) is 16.8. The van der Waals surface area contributed by atoms with Crippen LogP contribution in [0.25, 0.3) is 11.4 Å². The number of nitrogens with zero attached hydrogens (tertiary/aromatic N) is 3. The maximum absolute atomic E-state index is 13.6. The molecule has 0 saturated carbocycles. The van der Waals surface area contributed by atoms with Gasteiger partial charge in [-0.05, 0) is 43.3 Å². The molecule has 2 aromatic carbocycles. The molecule has 0 spiro atoms. The number of rotatable bonds is 8. The Bertz CT molecular complexity index is 1210. The van der Waals surface area contributed by atoms with Crippen molar-refractivity contribution in [3.63, 3.8) is 0 Å². The van der Waals surface area contributed by atoms with Gasteiger partial charge < -0.3 is 14.6 Å². The van der Waals surface area contributed by atoms with Crippen LogP contribution < -0.4 is 14.4 Å². The maximum Gasteiger partial charge on any atom is 0.246 e. The number of hydrogen-bond acceptors (Lipinski definition) is 7. The third-order valence-corrected chi connectivity index (χ3v) is 5.72. The van der Waals surface area contributed by atoms with Crippen molar-refractivity contribution in [1.29, 1.82) is 0 Å². The van der Waals surface area contributed by atoms with E-state index in [1.165, 1.54) is 6.92 Å². The number of ether oxygens (including phenoxy) is 1. The van der Waals surface area contributed by atoms with Crippen molar-refractivity contribution >= 4 is 21.6 Å². The molecular formula is C20H20F2N4O5S. The number of nitrogens with one attached hydrogen (secondary N) is 1. The molecule has 3 rings (SSSR count). The van der Waals surface area contributed by atoms with Gasteiger partial charge in [0.1, 0.15) is 11.8 Å². The van der Waals surface area contributed by atoms with Gasteiger partial charge in [0, 0.05) is 11.6 Å². The molecule has 0 fully saturated rings. The van der Waals surface area contributed by atoms with Crippen molar-refractivity contribution in [3.8, 4) is 17.1 Å². The van der Waals surface area contributed by atoms with Crippen molar-refractivity contribution in [2.75, 3.05) is 17.7 Å². The Morgan fingerprint density at radius 3 is 2.47 bits per heavy atom. The van der Waals surface area contributed by atoms with Crippen LogP contribution in [0.2, 0.25) is 0 Å². The van der Waals surface area contributed by atoms with Crippen LogP contribution in [0, 0.1) is 11.6 Å². The molecule has 32 heavy (non-hydrogen) atoms. The Hall–Kier alpha value is -3.54. The van der Waals surface area contributed by atoms with E-state index in [1.807, 2.05) is 0 Å². The third-order valence-electron chi connectivity index (χ3n) is 4.48. The lowest BCUT2D eigenvalue weighted by molar-refractivity contribution is -0.122. The highest BCUT2D eigenvalue weighted by molar-refractivity contribution is 7.92.